The number of anilines is 1. The first-order valence-electron chi connectivity index (χ1n) is 9.27. The number of aromatic amines is 1. The number of hydrogen-bond acceptors (Lipinski definition) is 5. The SMILES string of the molecule is COc1cccc(CSc2nc(C)c(CC(=O)Nc3cc(Cl)ccc3C)c(=O)[nH]2)c1. The van der Waals surface area contributed by atoms with Crippen LogP contribution in [0.2, 0.25) is 5.02 Å². The number of methoxy groups -OCH3 is 1. The molecule has 1 aromatic heterocycles. The van der Waals surface area contributed by atoms with Crippen molar-refractivity contribution in [3.05, 3.63) is 80.2 Å². The average Bonchev–Trinajstić information content (AvgIpc) is 2.72. The van der Waals surface area contributed by atoms with Gasteiger partial charge >= 0.3 is 0 Å². The van der Waals surface area contributed by atoms with Gasteiger partial charge in [-0.1, -0.05) is 41.6 Å². The monoisotopic (exact) mass is 443 g/mol. The smallest absolute Gasteiger partial charge is 0.255 e. The van der Waals surface area contributed by atoms with Crippen molar-refractivity contribution in [3.63, 3.8) is 0 Å². The summed E-state index contributed by atoms with van der Waals surface area (Å²) in [6, 6.07) is 13.0. The Morgan fingerprint density at radius 3 is 2.77 bits per heavy atom. The van der Waals surface area contributed by atoms with Crippen LogP contribution in [0.4, 0.5) is 5.69 Å². The molecule has 0 aliphatic carbocycles. The molecule has 1 amide bonds. The molecule has 0 aliphatic rings. The number of amides is 1. The molecule has 8 heteroatoms. The lowest BCUT2D eigenvalue weighted by molar-refractivity contribution is -0.115. The Morgan fingerprint density at radius 1 is 1.23 bits per heavy atom. The maximum atomic E-state index is 12.6. The minimum absolute atomic E-state index is 0.0685. The van der Waals surface area contributed by atoms with Crippen LogP contribution in [0.5, 0.6) is 5.75 Å². The van der Waals surface area contributed by atoms with E-state index in [4.69, 9.17) is 16.3 Å². The van der Waals surface area contributed by atoms with Gasteiger partial charge in [-0.3, -0.25) is 9.59 Å². The molecule has 30 heavy (non-hydrogen) atoms. The van der Waals surface area contributed by atoms with Crippen LogP contribution in [0.15, 0.2) is 52.4 Å². The second-order valence-electron chi connectivity index (χ2n) is 6.76. The van der Waals surface area contributed by atoms with E-state index < -0.39 is 0 Å². The van der Waals surface area contributed by atoms with Gasteiger partial charge in [0.05, 0.1) is 13.5 Å². The second kappa shape index (κ2) is 9.82. The molecule has 0 radical (unpaired) electrons. The lowest BCUT2D eigenvalue weighted by Gasteiger charge is -2.10. The molecule has 0 unspecified atom stereocenters. The van der Waals surface area contributed by atoms with Gasteiger partial charge in [0.15, 0.2) is 5.16 Å². The predicted octanol–water partition coefficient (Wildman–Crippen LogP) is 4.52. The fourth-order valence-corrected chi connectivity index (χ4v) is 3.88. The number of nitrogens with one attached hydrogen (secondary N) is 2. The molecule has 0 bridgehead atoms. The van der Waals surface area contributed by atoms with Crippen LogP contribution >= 0.6 is 23.4 Å². The molecular weight excluding hydrogens is 422 g/mol. The van der Waals surface area contributed by atoms with Gasteiger partial charge in [0.1, 0.15) is 5.75 Å². The summed E-state index contributed by atoms with van der Waals surface area (Å²) < 4.78 is 5.23. The third kappa shape index (κ3) is 5.64. The molecule has 156 valence electrons. The first-order valence-corrected chi connectivity index (χ1v) is 10.6. The van der Waals surface area contributed by atoms with Crippen molar-refractivity contribution in [2.45, 2.75) is 31.2 Å². The van der Waals surface area contributed by atoms with Crippen LogP contribution in [0.3, 0.4) is 0 Å². The van der Waals surface area contributed by atoms with Crippen LogP contribution in [0, 0.1) is 13.8 Å². The number of rotatable bonds is 7. The maximum Gasteiger partial charge on any atom is 0.255 e. The predicted molar refractivity (Wildman–Crippen MR) is 121 cm³/mol. The number of thioether (sulfide) groups is 1. The van der Waals surface area contributed by atoms with Crippen molar-refractivity contribution in [2.75, 3.05) is 12.4 Å². The number of halogens is 1. The highest BCUT2D eigenvalue weighted by Gasteiger charge is 2.14. The molecule has 3 rings (SSSR count). The van der Waals surface area contributed by atoms with Gasteiger partial charge in [0, 0.05) is 27.7 Å². The Balaban J connectivity index is 1.69. The van der Waals surface area contributed by atoms with Gasteiger partial charge in [0.2, 0.25) is 5.91 Å². The molecule has 2 N–H and O–H groups in total. The molecule has 0 spiro atoms. The Bertz CT molecular complexity index is 1130. The largest absolute Gasteiger partial charge is 0.497 e. The molecule has 2 aromatic carbocycles. The van der Waals surface area contributed by atoms with Gasteiger partial charge in [0.25, 0.3) is 5.56 Å². The molecule has 0 fully saturated rings. The zero-order chi connectivity index (χ0) is 21.7. The fraction of sp³-hybridized carbons (Fsp3) is 0.227. The van der Waals surface area contributed by atoms with Crippen LogP contribution in [-0.2, 0) is 17.0 Å². The standard InChI is InChI=1S/C22H22ClN3O3S/c1-13-7-8-16(23)10-19(13)25-20(27)11-18-14(2)24-22(26-21(18)28)30-12-15-5-4-6-17(9-15)29-3/h4-10H,11-12H2,1-3H3,(H,25,27)(H,24,26,28). The summed E-state index contributed by atoms with van der Waals surface area (Å²) in [4.78, 5) is 32.2. The molecule has 3 aromatic rings. The third-order valence-electron chi connectivity index (χ3n) is 4.52. The zero-order valence-electron chi connectivity index (χ0n) is 16.9. The Labute approximate surface area is 184 Å². The second-order valence-corrected chi connectivity index (χ2v) is 8.16. The number of benzene rings is 2. The number of aromatic nitrogens is 2. The summed E-state index contributed by atoms with van der Waals surface area (Å²) in [7, 11) is 1.62. The van der Waals surface area contributed by atoms with E-state index in [9.17, 15) is 9.59 Å². The molecule has 0 saturated heterocycles. The summed E-state index contributed by atoms with van der Waals surface area (Å²) in [6.45, 7) is 3.61. The van der Waals surface area contributed by atoms with E-state index in [0.717, 1.165) is 16.9 Å². The Morgan fingerprint density at radius 2 is 2.03 bits per heavy atom. The fourth-order valence-electron chi connectivity index (χ4n) is 2.86. The van der Waals surface area contributed by atoms with Gasteiger partial charge in [-0.2, -0.15) is 0 Å². The number of nitrogens with zero attached hydrogens (tertiary/aromatic N) is 1. The topological polar surface area (TPSA) is 84.1 Å². The minimum Gasteiger partial charge on any atom is -0.497 e. The molecule has 0 aliphatic heterocycles. The van der Waals surface area contributed by atoms with Crippen LogP contribution in [0.25, 0.3) is 0 Å². The average molecular weight is 444 g/mol. The first kappa shape index (κ1) is 21.9. The molecular formula is C22H22ClN3O3S. The van der Waals surface area contributed by atoms with Crippen LogP contribution in [-0.4, -0.2) is 23.0 Å². The normalized spacial score (nSPS) is 10.7. The van der Waals surface area contributed by atoms with Crippen LogP contribution in [0.1, 0.15) is 22.4 Å². The minimum atomic E-state index is -0.311. The number of hydrogen-bond donors (Lipinski definition) is 2. The lowest BCUT2D eigenvalue weighted by Crippen LogP contribution is -2.24. The van der Waals surface area contributed by atoms with Gasteiger partial charge in [-0.05, 0) is 49.2 Å². The highest BCUT2D eigenvalue weighted by atomic mass is 35.5. The number of ether oxygens (including phenoxy) is 1. The van der Waals surface area contributed by atoms with Crippen molar-refractivity contribution in [1.82, 2.24) is 9.97 Å². The highest BCUT2D eigenvalue weighted by molar-refractivity contribution is 7.98. The highest BCUT2D eigenvalue weighted by Crippen LogP contribution is 2.23. The number of aryl methyl sites for hydroxylation is 2. The molecule has 6 nitrogen and oxygen atoms in total. The van der Waals surface area contributed by atoms with Crippen molar-refractivity contribution >= 4 is 35.0 Å². The first-order chi connectivity index (χ1) is 14.4. The van der Waals surface area contributed by atoms with E-state index in [1.54, 1.807) is 26.2 Å². The summed E-state index contributed by atoms with van der Waals surface area (Å²) in [5.74, 6) is 1.11. The van der Waals surface area contributed by atoms with Crippen molar-refractivity contribution in [3.8, 4) is 5.75 Å². The van der Waals surface area contributed by atoms with E-state index >= 15 is 0 Å². The summed E-state index contributed by atoms with van der Waals surface area (Å²) in [6.07, 6.45) is -0.0685. The molecule has 0 atom stereocenters. The van der Waals surface area contributed by atoms with Crippen molar-refractivity contribution in [2.24, 2.45) is 0 Å². The molecule has 1 heterocycles. The van der Waals surface area contributed by atoms with E-state index in [0.29, 0.717) is 32.9 Å². The van der Waals surface area contributed by atoms with Crippen molar-refractivity contribution in [1.29, 1.82) is 0 Å². The van der Waals surface area contributed by atoms with E-state index in [-0.39, 0.29) is 17.9 Å². The summed E-state index contributed by atoms with van der Waals surface area (Å²) in [5.41, 5.74) is 3.14. The van der Waals surface area contributed by atoms with Crippen LogP contribution < -0.4 is 15.6 Å². The molecule has 0 saturated carbocycles. The lowest BCUT2D eigenvalue weighted by atomic mass is 10.1. The van der Waals surface area contributed by atoms with E-state index in [2.05, 4.69) is 15.3 Å². The Hall–Kier alpha value is -2.77. The van der Waals surface area contributed by atoms with Gasteiger partial charge < -0.3 is 15.0 Å². The van der Waals surface area contributed by atoms with Gasteiger partial charge in [-0.15, -0.1) is 0 Å². The van der Waals surface area contributed by atoms with Crippen molar-refractivity contribution < 1.29 is 9.53 Å². The summed E-state index contributed by atoms with van der Waals surface area (Å²) in [5, 5.41) is 3.85. The van der Waals surface area contributed by atoms with E-state index in [1.165, 1.54) is 11.8 Å². The Kier molecular flexibility index (Phi) is 7.18. The third-order valence-corrected chi connectivity index (χ3v) is 5.70. The quantitative estimate of drug-likeness (QED) is 0.414. The summed E-state index contributed by atoms with van der Waals surface area (Å²) >= 11 is 7.41. The number of H-pyrrole nitrogens is 1. The van der Waals surface area contributed by atoms with E-state index in [1.807, 2.05) is 37.3 Å². The number of carbonyl (C=O) groups is 1. The zero-order valence-corrected chi connectivity index (χ0v) is 18.5. The number of carbonyl (C=O) groups excluding carboxylic acids is 1. The van der Waals surface area contributed by atoms with Gasteiger partial charge in [-0.25, -0.2) is 4.98 Å². The maximum absolute atomic E-state index is 12.6.